The zero-order valence-electron chi connectivity index (χ0n) is 18.3. The smallest absolute Gasteiger partial charge is 0.348 e. The van der Waals surface area contributed by atoms with E-state index in [4.69, 9.17) is 0 Å². The monoisotopic (exact) mass is 469 g/mol. The van der Waals surface area contributed by atoms with Gasteiger partial charge < -0.3 is 4.98 Å². The fourth-order valence-electron chi connectivity index (χ4n) is 4.47. The molecule has 0 bridgehead atoms. The molecule has 0 spiro atoms. The largest absolute Gasteiger partial charge is 0.416 e. The Morgan fingerprint density at radius 3 is 2.53 bits per heavy atom. The van der Waals surface area contributed by atoms with Crippen molar-refractivity contribution in [2.45, 2.75) is 31.5 Å². The molecule has 176 valence electrons. The van der Waals surface area contributed by atoms with Crippen LogP contribution in [0.25, 0.3) is 16.9 Å². The molecule has 1 aliphatic rings. The molecule has 4 aromatic rings. The first kappa shape index (κ1) is 22.3. The van der Waals surface area contributed by atoms with Gasteiger partial charge in [0.1, 0.15) is 17.3 Å². The van der Waals surface area contributed by atoms with Crippen LogP contribution < -0.4 is 0 Å². The number of nitrogens with one attached hydrogen (secondary N) is 1. The Labute approximate surface area is 194 Å². The molecule has 5 rings (SSSR count). The number of rotatable bonds is 5. The maximum atomic E-state index is 14.7. The van der Waals surface area contributed by atoms with E-state index in [0.717, 1.165) is 49.5 Å². The van der Waals surface area contributed by atoms with Gasteiger partial charge in [0.15, 0.2) is 0 Å². The molecule has 9 heteroatoms. The second-order valence-electron chi connectivity index (χ2n) is 8.50. The van der Waals surface area contributed by atoms with Gasteiger partial charge in [0.2, 0.25) is 0 Å². The Kier molecular flexibility index (Phi) is 5.95. The summed E-state index contributed by atoms with van der Waals surface area (Å²) in [5.41, 5.74) is 1.04. The molecule has 3 heterocycles. The van der Waals surface area contributed by atoms with Gasteiger partial charge in [-0.05, 0) is 56.3 Å². The number of likely N-dealkylation sites (tertiary alicyclic amines) is 1. The van der Waals surface area contributed by atoms with Crippen LogP contribution in [0.4, 0.5) is 17.6 Å². The average molecular weight is 469 g/mol. The molecule has 1 aliphatic heterocycles. The fourth-order valence-corrected chi connectivity index (χ4v) is 4.47. The van der Waals surface area contributed by atoms with E-state index < -0.39 is 17.6 Å². The van der Waals surface area contributed by atoms with Crippen molar-refractivity contribution < 1.29 is 17.6 Å². The summed E-state index contributed by atoms with van der Waals surface area (Å²) < 4.78 is 55.8. The van der Waals surface area contributed by atoms with Gasteiger partial charge in [-0.2, -0.15) is 18.3 Å². The van der Waals surface area contributed by atoms with E-state index in [-0.39, 0.29) is 5.69 Å². The quantitative estimate of drug-likeness (QED) is 0.376. The van der Waals surface area contributed by atoms with Crippen molar-refractivity contribution in [1.29, 1.82) is 0 Å². The summed E-state index contributed by atoms with van der Waals surface area (Å²) in [5.74, 6) is 0.934. The Hall–Kier alpha value is -3.46. The minimum Gasteiger partial charge on any atom is -0.348 e. The van der Waals surface area contributed by atoms with Crippen LogP contribution in [0.3, 0.4) is 0 Å². The minimum absolute atomic E-state index is 0.273. The van der Waals surface area contributed by atoms with E-state index in [1.807, 2.05) is 6.20 Å². The van der Waals surface area contributed by atoms with Crippen LogP contribution >= 0.6 is 0 Å². The van der Waals surface area contributed by atoms with Gasteiger partial charge in [0.05, 0.1) is 11.3 Å². The summed E-state index contributed by atoms with van der Waals surface area (Å²) in [7, 11) is 0. The zero-order valence-corrected chi connectivity index (χ0v) is 18.3. The number of aromatic amines is 1. The first-order valence-electron chi connectivity index (χ1n) is 11.1. The molecular weight excluding hydrogens is 446 g/mol. The van der Waals surface area contributed by atoms with Gasteiger partial charge in [-0.25, -0.2) is 14.1 Å². The van der Waals surface area contributed by atoms with Crippen molar-refractivity contribution in [3.05, 3.63) is 89.9 Å². The Morgan fingerprint density at radius 2 is 1.82 bits per heavy atom. The second kappa shape index (κ2) is 9.06. The third-order valence-electron chi connectivity index (χ3n) is 6.24. The van der Waals surface area contributed by atoms with Crippen molar-refractivity contribution >= 4 is 0 Å². The Morgan fingerprint density at radius 1 is 1.03 bits per heavy atom. The predicted molar refractivity (Wildman–Crippen MR) is 120 cm³/mol. The van der Waals surface area contributed by atoms with E-state index in [0.29, 0.717) is 23.7 Å². The van der Waals surface area contributed by atoms with Crippen LogP contribution in [0, 0.1) is 5.82 Å². The first-order chi connectivity index (χ1) is 16.4. The summed E-state index contributed by atoms with van der Waals surface area (Å²) in [6.07, 6.45) is 2.69. The number of imidazole rings is 1. The molecule has 5 nitrogen and oxygen atoms in total. The molecule has 2 aromatic carbocycles. The molecule has 0 aliphatic carbocycles. The number of alkyl halides is 3. The highest BCUT2D eigenvalue weighted by Gasteiger charge is 2.31. The summed E-state index contributed by atoms with van der Waals surface area (Å²) in [6, 6.07) is 11.3. The van der Waals surface area contributed by atoms with Crippen molar-refractivity contribution in [3.8, 4) is 16.9 Å². The van der Waals surface area contributed by atoms with E-state index in [1.165, 1.54) is 16.8 Å². The van der Waals surface area contributed by atoms with Gasteiger partial charge in [-0.15, -0.1) is 0 Å². The first-order valence-corrected chi connectivity index (χ1v) is 11.1. The van der Waals surface area contributed by atoms with Gasteiger partial charge in [-0.3, -0.25) is 4.90 Å². The van der Waals surface area contributed by atoms with Crippen LogP contribution in [0.15, 0.2) is 67.1 Å². The molecule has 2 aromatic heterocycles. The third kappa shape index (κ3) is 4.61. The summed E-state index contributed by atoms with van der Waals surface area (Å²) >= 11 is 0. The Balaban J connectivity index is 1.44. The minimum atomic E-state index is -4.46. The van der Waals surface area contributed by atoms with E-state index in [1.54, 1.807) is 36.7 Å². The molecule has 1 N–H and O–H groups in total. The molecular formula is C25H23F4N5. The second-order valence-corrected chi connectivity index (χ2v) is 8.50. The van der Waals surface area contributed by atoms with E-state index in [9.17, 15) is 17.6 Å². The lowest BCUT2D eigenvalue weighted by atomic mass is 9.95. The number of hydrogen-bond acceptors (Lipinski definition) is 3. The van der Waals surface area contributed by atoms with Gasteiger partial charge in [0, 0.05) is 42.2 Å². The van der Waals surface area contributed by atoms with Gasteiger partial charge >= 0.3 is 6.18 Å². The number of benzene rings is 2. The Bertz CT molecular complexity index is 1250. The van der Waals surface area contributed by atoms with E-state index >= 15 is 0 Å². The number of aromatic nitrogens is 4. The average Bonchev–Trinajstić information content (AvgIpc) is 3.50. The highest BCUT2D eigenvalue weighted by atomic mass is 19.4. The summed E-state index contributed by atoms with van der Waals surface area (Å²) in [4.78, 5) is 9.81. The molecule has 0 atom stereocenters. The zero-order chi connectivity index (χ0) is 23.7. The topological polar surface area (TPSA) is 49.7 Å². The maximum absolute atomic E-state index is 14.7. The summed E-state index contributed by atoms with van der Waals surface area (Å²) in [5, 5.41) is 4.52. The number of halogens is 4. The highest BCUT2D eigenvalue weighted by Crippen LogP contribution is 2.33. The lowest BCUT2D eigenvalue weighted by Crippen LogP contribution is -2.32. The van der Waals surface area contributed by atoms with Gasteiger partial charge in [0.25, 0.3) is 0 Å². The van der Waals surface area contributed by atoms with Crippen molar-refractivity contribution in [2.24, 2.45) is 0 Å². The van der Waals surface area contributed by atoms with Gasteiger partial charge in [-0.1, -0.05) is 18.2 Å². The van der Waals surface area contributed by atoms with Crippen molar-refractivity contribution in [1.82, 2.24) is 24.6 Å². The third-order valence-corrected chi connectivity index (χ3v) is 6.24. The molecule has 0 saturated carbocycles. The van der Waals surface area contributed by atoms with Crippen molar-refractivity contribution in [2.75, 3.05) is 13.1 Å². The maximum Gasteiger partial charge on any atom is 0.416 e. The molecule has 34 heavy (non-hydrogen) atoms. The standard InChI is InChI=1S/C25H23F4N5/c26-22-7-2-1-6-21(22)23-18(15-33-12-8-17(9-13-33)24-30-10-11-31-24)16-34(32-23)20-5-3-4-19(14-20)25(27,28)29/h1-7,10-11,14,16-17H,8-9,12-13,15H2,(H,30,31). The van der Waals surface area contributed by atoms with Crippen molar-refractivity contribution in [3.63, 3.8) is 0 Å². The van der Waals surface area contributed by atoms with Crippen LogP contribution in [0.2, 0.25) is 0 Å². The predicted octanol–water partition coefficient (Wildman–Crippen LogP) is 5.80. The molecule has 0 amide bonds. The normalized spacial score (nSPS) is 15.6. The number of hydrogen-bond donors (Lipinski definition) is 1. The number of nitrogens with zero attached hydrogens (tertiary/aromatic N) is 4. The lowest BCUT2D eigenvalue weighted by Gasteiger charge is -2.31. The molecule has 0 unspecified atom stereocenters. The van der Waals surface area contributed by atoms with Crippen LogP contribution in [0.1, 0.15) is 35.7 Å². The molecule has 1 saturated heterocycles. The van der Waals surface area contributed by atoms with Crippen LogP contribution in [0.5, 0.6) is 0 Å². The molecule has 0 radical (unpaired) electrons. The fraction of sp³-hybridized carbons (Fsp3) is 0.280. The lowest BCUT2D eigenvalue weighted by molar-refractivity contribution is -0.137. The highest BCUT2D eigenvalue weighted by molar-refractivity contribution is 5.64. The van der Waals surface area contributed by atoms with Crippen LogP contribution in [-0.2, 0) is 12.7 Å². The number of piperidine rings is 1. The van der Waals surface area contributed by atoms with E-state index in [2.05, 4.69) is 20.0 Å². The number of H-pyrrole nitrogens is 1. The molecule has 1 fully saturated rings. The SMILES string of the molecule is Fc1ccccc1-c1nn(-c2cccc(C(F)(F)F)c2)cc1CN1CCC(c2ncc[nH]2)CC1. The van der Waals surface area contributed by atoms with Crippen LogP contribution in [-0.4, -0.2) is 37.7 Å². The summed E-state index contributed by atoms with van der Waals surface area (Å²) in [6.45, 7) is 2.18.